The molecule has 2 N–H and O–H groups in total. The summed E-state index contributed by atoms with van der Waals surface area (Å²) in [6, 6.07) is 12.4. The third-order valence-corrected chi connectivity index (χ3v) is 3.99. The van der Waals surface area contributed by atoms with Crippen LogP contribution in [0.4, 0.5) is 5.69 Å². The molecule has 5 heteroatoms. The van der Waals surface area contributed by atoms with Crippen LogP contribution in [0.25, 0.3) is 11.0 Å². The summed E-state index contributed by atoms with van der Waals surface area (Å²) in [4.78, 5) is 11.8. The first-order valence-corrected chi connectivity index (χ1v) is 7.78. The Labute approximate surface area is 139 Å². The van der Waals surface area contributed by atoms with E-state index in [1.165, 1.54) is 12.1 Å². The largest absolute Gasteiger partial charge is 0.508 e. The van der Waals surface area contributed by atoms with E-state index >= 15 is 0 Å². The maximum Gasteiger partial charge on any atom is 0.336 e. The van der Waals surface area contributed by atoms with Crippen LogP contribution in [0.3, 0.4) is 0 Å². The van der Waals surface area contributed by atoms with Crippen molar-refractivity contribution in [2.45, 2.75) is 19.9 Å². The fourth-order valence-corrected chi connectivity index (χ4v) is 2.72. The molecule has 0 bridgehead atoms. The summed E-state index contributed by atoms with van der Waals surface area (Å²) >= 11 is 0. The highest BCUT2D eigenvalue weighted by Crippen LogP contribution is 2.28. The van der Waals surface area contributed by atoms with Crippen LogP contribution < -0.4 is 15.7 Å². The van der Waals surface area contributed by atoms with Crippen LogP contribution in [0.1, 0.15) is 18.1 Å². The molecule has 0 spiro atoms. The van der Waals surface area contributed by atoms with E-state index < -0.39 is 5.63 Å². The maximum absolute atomic E-state index is 11.8. The number of aromatic hydroxyl groups is 1. The van der Waals surface area contributed by atoms with Crippen molar-refractivity contribution in [3.05, 3.63) is 64.0 Å². The van der Waals surface area contributed by atoms with Crippen molar-refractivity contribution < 1.29 is 14.3 Å². The zero-order valence-corrected chi connectivity index (χ0v) is 13.6. The van der Waals surface area contributed by atoms with E-state index in [1.807, 2.05) is 37.3 Å². The Bertz CT molecular complexity index is 930. The van der Waals surface area contributed by atoms with Gasteiger partial charge in [0.05, 0.1) is 12.8 Å². The van der Waals surface area contributed by atoms with Crippen molar-refractivity contribution in [3.63, 3.8) is 0 Å². The predicted molar refractivity (Wildman–Crippen MR) is 93.8 cm³/mol. The van der Waals surface area contributed by atoms with Crippen LogP contribution in [-0.2, 0) is 13.0 Å². The molecule has 0 atom stereocenters. The minimum Gasteiger partial charge on any atom is -0.508 e. The topological polar surface area (TPSA) is 71.7 Å². The molecule has 3 rings (SSSR count). The number of anilines is 1. The molecule has 2 aromatic carbocycles. The predicted octanol–water partition coefficient (Wildman–Crippen LogP) is 3.68. The second kappa shape index (κ2) is 6.66. The first-order valence-electron chi connectivity index (χ1n) is 7.78. The summed E-state index contributed by atoms with van der Waals surface area (Å²) in [6.07, 6.45) is 0.695. The highest BCUT2D eigenvalue weighted by molar-refractivity contribution is 5.83. The maximum atomic E-state index is 11.8. The first-order chi connectivity index (χ1) is 11.6. The van der Waals surface area contributed by atoms with Gasteiger partial charge >= 0.3 is 5.63 Å². The van der Waals surface area contributed by atoms with E-state index in [2.05, 4.69) is 5.32 Å². The molecule has 0 radical (unpaired) electrons. The Kier molecular flexibility index (Phi) is 4.42. The SMILES string of the molecule is CCc1cc2c(CNc3ccccc3OC)cc(=O)oc2cc1O. The van der Waals surface area contributed by atoms with Crippen LogP contribution in [-0.4, -0.2) is 12.2 Å². The number of nitrogens with one attached hydrogen (secondary N) is 1. The Morgan fingerprint density at radius 3 is 2.71 bits per heavy atom. The van der Waals surface area contributed by atoms with Crippen molar-refractivity contribution in [1.29, 1.82) is 0 Å². The number of fused-ring (bicyclic) bond motifs is 1. The number of phenols is 1. The number of methoxy groups -OCH3 is 1. The van der Waals surface area contributed by atoms with Crippen LogP contribution in [0.5, 0.6) is 11.5 Å². The molecular formula is C19H19NO4. The number of hydrogen-bond donors (Lipinski definition) is 2. The van der Waals surface area contributed by atoms with Crippen molar-refractivity contribution in [2.24, 2.45) is 0 Å². The molecule has 0 fully saturated rings. The zero-order valence-electron chi connectivity index (χ0n) is 13.6. The van der Waals surface area contributed by atoms with Gasteiger partial charge in [0.1, 0.15) is 17.1 Å². The summed E-state index contributed by atoms with van der Waals surface area (Å²) in [5.41, 5.74) is 2.41. The lowest BCUT2D eigenvalue weighted by Crippen LogP contribution is -2.06. The number of hydrogen-bond acceptors (Lipinski definition) is 5. The Morgan fingerprint density at radius 1 is 1.17 bits per heavy atom. The summed E-state index contributed by atoms with van der Waals surface area (Å²) in [6.45, 7) is 2.41. The van der Waals surface area contributed by atoms with Gasteiger partial charge in [0.25, 0.3) is 0 Å². The minimum absolute atomic E-state index is 0.142. The fourth-order valence-electron chi connectivity index (χ4n) is 2.72. The van der Waals surface area contributed by atoms with Crippen LogP contribution in [0.15, 0.2) is 51.7 Å². The molecule has 1 aromatic heterocycles. The number of aryl methyl sites for hydroxylation is 1. The third kappa shape index (κ3) is 3.06. The average molecular weight is 325 g/mol. The van der Waals surface area contributed by atoms with E-state index in [1.54, 1.807) is 7.11 Å². The van der Waals surface area contributed by atoms with Gasteiger partial charge in [0.15, 0.2) is 0 Å². The van der Waals surface area contributed by atoms with Crippen LogP contribution in [0.2, 0.25) is 0 Å². The van der Waals surface area contributed by atoms with Gasteiger partial charge in [-0.25, -0.2) is 4.79 Å². The quantitative estimate of drug-likeness (QED) is 0.700. The van der Waals surface area contributed by atoms with Crippen molar-refractivity contribution in [3.8, 4) is 11.5 Å². The molecule has 0 saturated carbocycles. The molecular weight excluding hydrogens is 306 g/mol. The molecule has 0 aliphatic rings. The zero-order chi connectivity index (χ0) is 17.1. The molecule has 0 saturated heterocycles. The van der Waals surface area contributed by atoms with Gasteiger partial charge in [-0.3, -0.25) is 0 Å². The van der Waals surface area contributed by atoms with Crippen molar-refractivity contribution in [1.82, 2.24) is 0 Å². The smallest absolute Gasteiger partial charge is 0.336 e. The standard InChI is InChI=1S/C19H19NO4/c1-3-12-8-14-13(9-19(22)24-18(14)10-16(12)21)11-20-15-6-4-5-7-17(15)23-2/h4-10,20-21H,3,11H2,1-2H3. The van der Waals surface area contributed by atoms with E-state index in [0.717, 1.165) is 28.0 Å². The number of rotatable bonds is 5. The van der Waals surface area contributed by atoms with Gasteiger partial charge in [-0.15, -0.1) is 0 Å². The van der Waals surface area contributed by atoms with Gasteiger partial charge in [0.2, 0.25) is 0 Å². The van der Waals surface area contributed by atoms with Gasteiger partial charge < -0.3 is 19.6 Å². The molecule has 1 heterocycles. The third-order valence-electron chi connectivity index (χ3n) is 3.99. The van der Waals surface area contributed by atoms with Gasteiger partial charge in [-0.1, -0.05) is 19.1 Å². The lowest BCUT2D eigenvalue weighted by Gasteiger charge is -2.12. The van der Waals surface area contributed by atoms with E-state index in [0.29, 0.717) is 18.5 Å². The summed E-state index contributed by atoms with van der Waals surface area (Å²) in [7, 11) is 1.61. The fraction of sp³-hybridized carbons (Fsp3) is 0.211. The lowest BCUT2D eigenvalue weighted by atomic mass is 10.0. The van der Waals surface area contributed by atoms with Gasteiger partial charge in [-0.2, -0.15) is 0 Å². The summed E-state index contributed by atoms with van der Waals surface area (Å²) < 4.78 is 10.5. The molecule has 0 unspecified atom stereocenters. The number of ether oxygens (including phenoxy) is 1. The molecule has 5 nitrogen and oxygen atoms in total. The second-order valence-corrected chi connectivity index (χ2v) is 5.48. The normalized spacial score (nSPS) is 10.8. The second-order valence-electron chi connectivity index (χ2n) is 5.48. The Morgan fingerprint density at radius 2 is 1.96 bits per heavy atom. The van der Waals surface area contributed by atoms with Gasteiger partial charge in [0, 0.05) is 24.1 Å². The lowest BCUT2D eigenvalue weighted by molar-refractivity contribution is 0.416. The minimum atomic E-state index is -0.442. The van der Waals surface area contributed by atoms with Crippen LogP contribution >= 0.6 is 0 Å². The van der Waals surface area contributed by atoms with E-state index in [9.17, 15) is 9.90 Å². The first kappa shape index (κ1) is 15.9. The van der Waals surface area contributed by atoms with E-state index in [4.69, 9.17) is 9.15 Å². The van der Waals surface area contributed by atoms with Gasteiger partial charge in [-0.05, 0) is 35.7 Å². The molecule has 0 amide bonds. The summed E-state index contributed by atoms with van der Waals surface area (Å²) in [5.74, 6) is 0.875. The highest BCUT2D eigenvalue weighted by atomic mass is 16.5. The Hall–Kier alpha value is -2.95. The average Bonchev–Trinajstić information content (AvgIpc) is 2.59. The van der Waals surface area contributed by atoms with Crippen LogP contribution in [0, 0.1) is 0 Å². The monoisotopic (exact) mass is 325 g/mol. The Balaban J connectivity index is 2.01. The molecule has 24 heavy (non-hydrogen) atoms. The van der Waals surface area contributed by atoms with Crippen molar-refractivity contribution in [2.75, 3.05) is 12.4 Å². The molecule has 124 valence electrons. The summed E-state index contributed by atoms with van der Waals surface area (Å²) in [5, 5.41) is 14.1. The molecule has 0 aliphatic heterocycles. The van der Waals surface area contributed by atoms with E-state index in [-0.39, 0.29) is 5.75 Å². The number of phenolic OH excluding ortho intramolecular Hbond substituents is 1. The number of para-hydroxylation sites is 2. The highest BCUT2D eigenvalue weighted by Gasteiger charge is 2.10. The number of benzene rings is 2. The van der Waals surface area contributed by atoms with Crippen molar-refractivity contribution >= 4 is 16.7 Å². The molecule has 3 aromatic rings. The molecule has 0 aliphatic carbocycles.